The highest BCUT2D eigenvalue weighted by molar-refractivity contribution is 5.20. The van der Waals surface area contributed by atoms with Crippen LogP contribution in [-0.4, -0.2) is 7.11 Å². The first-order chi connectivity index (χ1) is 6.93. The fraction of sp³-hybridized carbons (Fsp3) is 0.538. The van der Waals surface area contributed by atoms with Crippen molar-refractivity contribution < 1.29 is 4.74 Å². The first-order valence-corrected chi connectivity index (χ1v) is 5.52. The summed E-state index contributed by atoms with van der Waals surface area (Å²) in [6.07, 6.45) is 0. The van der Waals surface area contributed by atoms with Gasteiger partial charge in [0, 0.05) is 0 Å². The normalized spacial score (nSPS) is 6.21. The molecule has 1 nitrogen and oxygen atoms in total. The van der Waals surface area contributed by atoms with E-state index in [1.54, 1.807) is 7.11 Å². The molecule has 84 valence electrons. The van der Waals surface area contributed by atoms with Crippen LogP contribution in [0.15, 0.2) is 30.3 Å². The van der Waals surface area contributed by atoms with Gasteiger partial charge in [0.15, 0.2) is 0 Å². The van der Waals surface area contributed by atoms with Crippen molar-refractivity contribution in [3.8, 4) is 5.75 Å². The van der Waals surface area contributed by atoms with Gasteiger partial charge >= 0.3 is 0 Å². The molecule has 0 aliphatic carbocycles. The summed E-state index contributed by atoms with van der Waals surface area (Å²) in [5.74, 6) is 0.910. The minimum atomic E-state index is 0.910. The Kier molecular flexibility index (Phi) is 30.4. The molecule has 0 N–H and O–H groups in total. The number of ether oxygens (including phenoxy) is 1. The van der Waals surface area contributed by atoms with Crippen molar-refractivity contribution in [1.82, 2.24) is 0 Å². The van der Waals surface area contributed by atoms with Gasteiger partial charge in [0.25, 0.3) is 0 Å². The van der Waals surface area contributed by atoms with Gasteiger partial charge in [-0.25, -0.2) is 0 Å². The van der Waals surface area contributed by atoms with Gasteiger partial charge in [-0.05, 0) is 12.1 Å². The average Bonchev–Trinajstić information content (AvgIpc) is 2.37. The first-order valence-electron chi connectivity index (χ1n) is 5.52. The van der Waals surface area contributed by atoms with Gasteiger partial charge in [-0.3, -0.25) is 0 Å². The molecule has 0 aliphatic heterocycles. The zero-order valence-corrected chi connectivity index (χ0v) is 10.8. The largest absolute Gasteiger partial charge is 0.497 e. The van der Waals surface area contributed by atoms with Gasteiger partial charge in [0.05, 0.1) is 7.11 Å². The molecule has 1 aromatic rings. The van der Waals surface area contributed by atoms with Gasteiger partial charge in [-0.15, -0.1) is 0 Å². The molecule has 0 heterocycles. The zero-order chi connectivity index (χ0) is 11.8. The maximum absolute atomic E-state index is 4.91. The van der Waals surface area contributed by atoms with E-state index in [9.17, 15) is 0 Å². The molecule has 0 radical (unpaired) electrons. The second-order valence-corrected chi connectivity index (χ2v) is 1.52. The van der Waals surface area contributed by atoms with Gasteiger partial charge in [0.2, 0.25) is 0 Å². The third-order valence-corrected chi connectivity index (χ3v) is 0.979. The quantitative estimate of drug-likeness (QED) is 0.631. The summed E-state index contributed by atoms with van der Waals surface area (Å²) in [4.78, 5) is 0. The monoisotopic (exact) mass is 198 g/mol. The lowest BCUT2D eigenvalue weighted by atomic mass is 10.3. The summed E-state index contributed by atoms with van der Waals surface area (Å²) >= 11 is 0. The SMILES string of the molecule is CC.CC.CC.COc1ccccc1. The Morgan fingerprint density at radius 1 is 0.714 bits per heavy atom. The van der Waals surface area contributed by atoms with Crippen molar-refractivity contribution in [2.24, 2.45) is 0 Å². The fourth-order valence-corrected chi connectivity index (χ4v) is 0.557. The molecule has 14 heavy (non-hydrogen) atoms. The molecule has 1 heteroatoms. The minimum Gasteiger partial charge on any atom is -0.497 e. The molecule has 0 saturated carbocycles. The van der Waals surface area contributed by atoms with E-state index in [0.29, 0.717) is 0 Å². The van der Waals surface area contributed by atoms with E-state index in [-0.39, 0.29) is 0 Å². The van der Waals surface area contributed by atoms with E-state index in [1.165, 1.54) is 0 Å². The molecule has 0 saturated heterocycles. The third-order valence-electron chi connectivity index (χ3n) is 0.979. The minimum absolute atomic E-state index is 0.910. The molecule has 0 atom stereocenters. The zero-order valence-electron chi connectivity index (χ0n) is 10.8. The maximum atomic E-state index is 4.91. The molecule has 0 aliphatic rings. The lowest BCUT2D eigenvalue weighted by Gasteiger charge is -1.93. The smallest absolute Gasteiger partial charge is 0.118 e. The van der Waals surface area contributed by atoms with E-state index >= 15 is 0 Å². The third kappa shape index (κ3) is 13.6. The molecular weight excluding hydrogens is 172 g/mol. The standard InChI is InChI=1S/C7H8O.3C2H6/c1-8-7-5-3-2-4-6-7;3*1-2/h2-6H,1H3;3*1-2H3. The Balaban J connectivity index is -0.000000174. The van der Waals surface area contributed by atoms with Gasteiger partial charge in [-0.1, -0.05) is 59.7 Å². The van der Waals surface area contributed by atoms with E-state index < -0.39 is 0 Å². The predicted octanol–water partition coefficient (Wildman–Crippen LogP) is 4.77. The highest BCUT2D eigenvalue weighted by atomic mass is 16.5. The predicted molar refractivity (Wildman–Crippen MR) is 67.0 cm³/mol. The van der Waals surface area contributed by atoms with Crippen LogP contribution in [0.25, 0.3) is 0 Å². The van der Waals surface area contributed by atoms with Crippen molar-refractivity contribution in [3.05, 3.63) is 30.3 Å². The molecule has 0 amide bonds. The van der Waals surface area contributed by atoms with Crippen LogP contribution >= 0.6 is 0 Å². The maximum Gasteiger partial charge on any atom is 0.118 e. The lowest BCUT2D eigenvalue weighted by molar-refractivity contribution is 0.415. The molecule has 0 fully saturated rings. The molecular formula is C13H26O. The Hall–Kier alpha value is -0.980. The number of methoxy groups -OCH3 is 1. The summed E-state index contributed by atoms with van der Waals surface area (Å²) in [5.41, 5.74) is 0. The van der Waals surface area contributed by atoms with Crippen molar-refractivity contribution in [1.29, 1.82) is 0 Å². The number of rotatable bonds is 1. The Bertz CT molecular complexity index is 147. The molecule has 0 bridgehead atoms. The molecule has 1 aromatic carbocycles. The van der Waals surface area contributed by atoms with Gasteiger partial charge in [0.1, 0.15) is 5.75 Å². The Labute approximate surface area is 90.1 Å². The lowest BCUT2D eigenvalue weighted by Crippen LogP contribution is -1.78. The van der Waals surface area contributed by atoms with Crippen LogP contribution in [-0.2, 0) is 0 Å². The molecule has 0 spiro atoms. The summed E-state index contributed by atoms with van der Waals surface area (Å²) < 4.78 is 4.91. The Morgan fingerprint density at radius 3 is 1.29 bits per heavy atom. The summed E-state index contributed by atoms with van der Waals surface area (Å²) in [5, 5.41) is 0. The van der Waals surface area contributed by atoms with E-state index in [1.807, 2.05) is 71.9 Å². The van der Waals surface area contributed by atoms with Crippen LogP contribution in [0.1, 0.15) is 41.5 Å². The summed E-state index contributed by atoms with van der Waals surface area (Å²) in [6.45, 7) is 12.0. The van der Waals surface area contributed by atoms with Gasteiger partial charge in [-0.2, -0.15) is 0 Å². The topological polar surface area (TPSA) is 9.23 Å². The molecule has 1 rings (SSSR count). The second kappa shape index (κ2) is 22.7. The van der Waals surface area contributed by atoms with Crippen LogP contribution in [0.2, 0.25) is 0 Å². The number of para-hydroxylation sites is 1. The van der Waals surface area contributed by atoms with E-state index in [4.69, 9.17) is 4.74 Å². The highest BCUT2D eigenvalue weighted by Gasteiger charge is 1.80. The first kappa shape index (κ1) is 18.7. The van der Waals surface area contributed by atoms with E-state index in [0.717, 1.165) is 5.75 Å². The van der Waals surface area contributed by atoms with Crippen LogP contribution in [0, 0.1) is 0 Å². The van der Waals surface area contributed by atoms with Crippen LogP contribution in [0.5, 0.6) is 5.75 Å². The van der Waals surface area contributed by atoms with Crippen molar-refractivity contribution in [2.45, 2.75) is 41.5 Å². The van der Waals surface area contributed by atoms with Crippen LogP contribution in [0.4, 0.5) is 0 Å². The number of benzene rings is 1. The van der Waals surface area contributed by atoms with Crippen molar-refractivity contribution >= 4 is 0 Å². The summed E-state index contributed by atoms with van der Waals surface area (Å²) in [7, 11) is 1.66. The second-order valence-electron chi connectivity index (χ2n) is 1.52. The average molecular weight is 198 g/mol. The van der Waals surface area contributed by atoms with Crippen molar-refractivity contribution in [3.63, 3.8) is 0 Å². The summed E-state index contributed by atoms with van der Waals surface area (Å²) in [6, 6.07) is 9.68. The Morgan fingerprint density at radius 2 is 1.07 bits per heavy atom. The molecule has 0 aromatic heterocycles. The van der Waals surface area contributed by atoms with Crippen molar-refractivity contribution in [2.75, 3.05) is 7.11 Å². The van der Waals surface area contributed by atoms with Gasteiger partial charge < -0.3 is 4.74 Å². The van der Waals surface area contributed by atoms with Crippen LogP contribution < -0.4 is 4.74 Å². The van der Waals surface area contributed by atoms with E-state index in [2.05, 4.69) is 0 Å². The number of hydrogen-bond acceptors (Lipinski definition) is 1. The fourth-order valence-electron chi connectivity index (χ4n) is 0.557. The van der Waals surface area contributed by atoms with Crippen LogP contribution in [0.3, 0.4) is 0 Å². The molecule has 0 unspecified atom stereocenters. The highest BCUT2D eigenvalue weighted by Crippen LogP contribution is 2.05. The number of hydrogen-bond donors (Lipinski definition) is 0.